The largest absolute Gasteiger partial charge is 0.392 e. The smallest absolute Gasteiger partial charge is 0.151 e. The predicted octanol–water partition coefficient (Wildman–Crippen LogP) is -0.722. The van der Waals surface area contributed by atoms with Crippen molar-refractivity contribution in [2.75, 3.05) is 12.3 Å². The number of aliphatic hydroxyl groups is 3. The normalized spacial score (nSPS) is 26.9. The van der Waals surface area contributed by atoms with Gasteiger partial charge in [0, 0.05) is 17.7 Å². The van der Waals surface area contributed by atoms with E-state index in [9.17, 15) is 10.2 Å². The zero-order valence-electron chi connectivity index (χ0n) is 9.98. The molecule has 0 unspecified atom stereocenters. The van der Waals surface area contributed by atoms with Crippen LogP contribution >= 0.6 is 0 Å². The third-order valence-corrected chi connectivity index (χ3v) is 3.53. The van der Waals surface area contributed by atoms with Gasteiger partial charge in [-0.3, -0.25) is 0 Å². The molecule has 6 N–H and O–H groups in total. The Hall–Kier alpha value is -1.96. The van der Waals surface area contributed by atoms with Crippen molar-refractivity contribution in [2.45, 2.75) is 18.1 Å². The fourth-order valence-corrected chi connectivity index (χ4v) is 2.50. The average molecular weight is 262 g/mol. The van der Waals surface area contributed by atoms with E-state index in [2.05, 4.69) is 15.0 Å². The molecule has 2 aromatic heterocycles. The summed E-state index contributed by atoms with van der Waals surface area (Å²) in [6, 6.07) is 0. The molecule has 7 nitrogen and oxygen atoms in total. The second kappa shape index (κ2) is 4.30. The maximum Gasteiger partial charge on any atom is 0.151 e. The number of nitrogens with one attached hydrogen (secondary N) is 1. The van der Waals surface area contributed by atoms with Gasteiger partial charge in [-0.15, -0.1) is 0 Å². The minimum Gasteiger partial charge on any atom is -0.392 e. The molecular weight excluding hydrogens is 248 g/mol. The summed E-state index contributed by atoms with van der Waals surface area (Å²) in [6.45, 7) is -0.284. The summed E-state index contributed by atoms with van der Waals surface area (Å²) in [5.41, 5.74) is 8.08. The molecule has 2 heterocycles. The maximum absolute atomic E-state index is 10.1. The van der Waals surface area contributed by atoms with Gasteiger partial charge in [0.05, 0.1) is 18.2 Å². The Morgan fingerprint density at radius 3 is 2.79 bits per heavy atom. The Kier molecular flexibility index (Phi) is 2.74. The molecule has 1 aliphatic rings. The van der Waals surface area contributed by atoms with Crippen LogP contribution in [0.5, 0.6) is 0 Å². The van der Waals surface area contributed by atoms with Gasteiger partial charge in [0.1, 0.15) is 17.9 Å². The zero-order chi connectivity index (χ0) is 13.6. The van der Waals surface area contributed by atoms with Gasteiger partial charge in [0.15, 0.2) is 5.82 Å². The number of rotatable bonds is 2. The lowest BCUT2D eigenvalue weighted by Crippen LogP contribution is -2.27. The average Bonchev–Trinajstić information content (AvgIpc) is 2.94. The predicted molar refractivity (Wildman–Crippen MR) is 68.2 cm³/mol. The molecule has 0 amide bonds. The van der Waals surface area contributed by atoms with Gasteiger partial charge < -0.3 is 26.0 Å². The maximum atomic E-state index is 10.1. The van der Waals surface area contributed by atoms with Crippen LogP contribution < -0.4 is 5.73 Å². The van der Waals surface area contributed by atoms with Crippen LogP contribution in [0, 0.1) is 0 Å². The van der Waals surface area contributed by atoms with Crippen LogP contribution in [0.2, 0.25) is 0 Å². The number of nitrogens with two attached hydrogens (primary N) is 1. The molecule has 7 heteroatoms. The summed E-state index contributed by atoms with van der Waals surface area (Å²) in [4.78, 5) is 11.0. The van der Waals surface area contributed by atoms with Crippen LogP contribution in [0.4, 0.5) is 5.82 Å². The van der Waals surface area contributed by atoms with Crippen LogP contribution in [0.3, 0.4) is 0 Å². The van der Waals surface area contributed by atoms with E-state index in [0.29, 0.717) is 22.4 Å². The monoisotopic (exact) mass is 262 g/mol. The van der Waals surface area contributed by atoms with Crippen LogP contribution in [-0.2, 0) is 0 Å². The van der Waals surface area contributed by atoms with E-state index in [1.54, 1.807) is 12.3 Å². The van der Waals surface area contributed by atoms with E-state index in [4.69, 9.17) is 10.8 Å². The van der Waals surface area contributed by atoms with Crippen LogP contribution in [0.15, 0.2) is 24.2 Å². The summed E-state index contributed by atoms with van der Waals surface area (Å²) in [7, 11) is 0. The molecule has 0 aliphatic heterocycles. The number of hydrogen-bond donors (Lipinski definition) is 5. The molecule has 0 saturated heterocycles. The standard InChI is InChI=1S/C12H14N4O3/c13-12-9-8(15-4-16-12)7(2-14-9)6-1-5(3-17)10(18)11(6)19/h1-2,4,6,10-11,14,17-19H,3H2,(H2,13,15,16)/t6-,10+,11-/m0/s1. The fourth-order valence-electron chi connectivity index (χ4n) is 2.50. The number of H-pyrrole nitrogens is 1. The molecule has 0 bridgehead atoms. The molecular formula is C12H14N4O3. The molecule has 100 valence electrons. The summed E-state index contributed by atoms with van der Waals surface area (Å²) >= 11 is 0. The lowest BCUT2D eigenvalue weighted by molar-refractivity contribution is 0.0407. The summed E-state index contributed by atoms with van der Waals surface area (Å²) in [6.07, 6.45) is 2.64. The van der Waals surface area contributed by atoms with E-state index in [1.807, 2.05) is 0 Å². The Morgan fingerprint density at radius 2 is 2.11 bits per heavy atom. The highest BCUT2D eigenvalue weighted by atomic mass is 16.3. The summed E-state index contributed by atoms with van der Waals surface area (Å²) < 4.78 is 0. The van der Waals surface area contributed by atoms with Crippen molar-refractivity contribution in [3.63, 3.8) is 0 Å². The highest BCUT2D eigenvalue weighted by Crippen LogP contribution is 2.36. The molecule has 3 rings (SSSR count). The third kappa shape index (κ3) is 1.71. The first kappa shape index (κ1) is 12.1. The highest BCUT2D eigenvalue weighted by Gasteiger charge is 2.36. The number of hydrogen-bond acceptors (Lipinski definition) is 6. The van der Waals surface area contributed by atoms with E-state index in [0.717, 1.165) is 5.56 Å². The van der Waals surface area contributed by atoms with Crippen molar-refractivity contribution >= 4 is 16.9 Å². The van der Waals surface area contributed by atoms with Gasteiger partial charge >= 0.3 is 0 Å². The first-order chi connectivity index (χ1) is 9.13. The lowest BCUT2D eigenvalue weighted by Gasteiger charge is -2.16. The Morgan fingerprint density at radius 1 is 1.32 bits per heavy atom. The van der Waals surface area contributed by atoms with Gasteiger partial charge in [0.25, 0.3) is 0 Å². The number of fused-ring (bicyclic) bond motifs is 1. The third-order valence-electron chi connectivity index (χ3n) is 3.53. The van der Waals surface area contributed by atoms with Crippen molar-refractivity contribution < 1.29 is 15.3 Å². The van der Waals surface area contributed by atoms with Crippen molar-refractivity contribution in [3.05, 3.63) is 29.7 Å². The molecule has 0 radical (unpaired) electrons. The highest BCUT2D eigenvalue weighted by molar-refractivity contribution is 5.87. The minimum atomic E-state index is -1.06. The number of aliphatic hydroxyl groups excluding tert-OH is 3. The SMILES string of the molecule is Nc1ncnc2c([C@@H]3C=C(CO)[C@@H](O)[C@H]3O)c[nH]c12. The Bertz CT molecular complexity index is 651. The van der Waals surface area contributed by atoms with Crippen molar-refractivity contribution in [1.29, 1.82) is 0 Å². The van der Waals surface area contributed by atoms with Gasteiger partial charge in [0.2, 0.25) is 0 Å². The Labute approximate surface area is 108 Å². The van der Waals surface area contributed by atoms with E-state index < -0.39 is 18.1 Å². The number of nitrogens with zero attached hydrogens (tertiary/aromatic N) is 2. The van der Waals surface area contributed by atoms with Crippen LogP contribution in [0.25, 0.3) is 11.0 Å². The molecule has 0 saturated carbocycles. The van der Waals surface area contributed by atoms with E-state index in [1.165, 1.54) is 6.33 Å². The first-order valence-electron chi connectivity index (χ1n) is 5.88. The number of aromatic nitrogens is 3. The molecule has 1 aliphatic carbocycles. The van der Waals surface area contributed by atoms with Crippen molar-refractivity contribution in [2.24, 2.45) is 0 Å². The van der Waals surface area contributed by atoms with Gasteiger partial charge in [-0.25, -0.2) is 9.97 Å². The summed E-state index contributed by atoms with van der Waals surface area (Å²) in [5.74, 6) is -0.101. The van der Waals surface area contributed by atoms with Gasteiger partial charge in [-0.2, -0.15) is 0 Å². The van der Waals surface area contributed by atoms with E-state index >= 15 is 0 Å². The molecule has 0 fully saturated rings. The lowest BCUT2D eigenvalue weighted by atomic mass is 9.97. The summed E-state index contributed by atoms with van der Waals surface area (Å²) in [5, 5.41) is 29.0. The first-order valence-corrected chi connectivity index (χ1v) is 5.88. The van der Waals surface area contributed by atoms with Gasteiger partial charge in [-0.05, 0) is 5.57 Å². The van der Waals surface area contributed by atoms with Crippen molar-refractivity contribution in [3.8, 4) is 0 Å². The topological polar surface area (TPSA) is 128 Å². The second-order valence-corrected chi connectivity index (χ2v) is 4.59. The van der Waals surface area contributed by atoms with Crippen LogP contribution in [-0.4, -0.2) is 49.1 Å². The molecule has 3 atom stereocenters. The van der Waals surface area contributed by atoms with Gasteiger partial charge in [-0.1, -0.05) is 6.08 Å². The number of aromatic amines is 1. The van der Waals surface area contributed by atoms with Crippen molar-refractivity contribution in [1.82, 2.24) is 15.0 Å². The molecule has 19 heavy (non-hydrogen) atoms. The number of anilines is 1. The molecule has 2 aromatic rings. The minimum absolute atomic E-state index is 0.284. The molecule has 0 spiro atoms. The quantitative estimate of drug-likeness (QED) is 0.454. The number of nitrogen functional groups attached to an aromatic ring is 1. The van der Waals surface area contributed by atoms with E-state index in [-0.39, 0.29) is 6.61 Å². The zero-order valence-corrected chi connectivity index (χ0v) is 9.98. The second-order valence-electron chi connectivity index (χ2n) is 4.59. The Balaban J connectivity index is 2.11. The fraction of sp³-hybridized carbons (Fsp3) is 0.333. The van der Waals surface area contributed by atoms with Crippen LogP contribution in [0.1, 0.15) is 11.5 Å². The molecule has 0 aromatic carbocycles.